The molecule has 2 amide bonds. The number of hydrogen-bond acceptors (Lipinski definition) is 5. The molecule has 0 saturated carbocycles. The SMILES string of the molecule is CC(=O)N1CCN(c2cnc(C(=O)Nc3ccc(F)c(F)c3)cn2)CC1. The first-order chi connectivity index (χ1) is 12.4. The largest absolute Gasteiger partial charge is 0.352 e. The predicted octanol–water partition coefficient (Wildman–Crippen LogP) is 1.68. The highest BCUT2D eigenvalue weighted by atomic mass is 19.2. The molecule has 0 spiro atoms. The molecule has 1 aliphatic heterocycles. The lowest BCUT2D eigenvalue weighted by Gasteiger charge is -2.34. The molecule has 26 heavy (non-hydrogen) atoms. The van der Waals surface area contributed by atoms with Crippen molar-refractivity contribution in [2.75, 3.05) is 36.4 Å². The maximum absolute atomic E-state index is 13.2. The molecule has 1 N–H and O–H groups in total. The summed E-state index contributed by atoms with van der Waals surface area (Å²) >= 11 is 0. The first kappa shape index (κ1) is 17.7. The fourth-order valence-corrected chi connectivity index (χ4v) is 2.62. The molecule has 7 nitrogen and oxygen atoms in total. The minimum Gasteiger partial charge on any atom is -0.352 e. The predicted molar refractivity (Wildman–Crippen MR) is 90.8 cm³/mol. The van der Waals surface area contributed by atoms with Gasteiger partial charge in [-0.25, -0.2) is 18.7 Å². The van der Waals surface area contributed by atoms with Gasteiger partial charge in [0.2, 0.25) is 5.91 Å². The van der Waals surface area contributed by atoms with Crippen LogP contribution in [0.15, 0.2) is 30.6 Å². The number of halogens is 2. The van der Waals surface area contributed by atoms with E-state index in [0.29, 0.717) is 32.0 Å². The summed E-state index contributed by atoms with van der Waals surface area (Å²) in [6, 6.07) is 3.08. The van der Waals surface area contributed by atoms with Gasteiger partial charge >= 0.3 is 0 Å². The summed E-state index contributed by atoms with van der Waals surface area (Å²) in [6.45, 7) is 4.02. The van der Waals surface area contributed by atoms with Gasteiger partial charge in [0.25, 0.3) is 5.91 Å². The van der Waals surface area contributed by atoms with Crippen molar-refractivity contribution in [2.24, 2.45) is 0 Å². The average molecular weight is 361 g/mol. The van der Waals surface area contributed by atoms with Crippen molar-refractivity contribution in [3.8, 4) is 0 Å². The van der Waals surface area contributed by atoms with Gasteiger partial charge in [0, 0.05) is 44.9 Å². The maximum Gasteiger partial charge on any atom is 0.275 e. The van der Waals surface area contributed by atoms with Gasteiger partial charge in [0.15, 0.2) is 11.6 Å². The zero-order valence-electron chi connectivity index (χ0n) is 14.1. The maximum atomic E-state index is 13.2. The van der Waals surface area contributed by atoms with Crippen LogP contribution in [0.5, 0.6) is 0 Å². The van der Waals surface area contributed by atoms with Crippen LogP contribution in [0.25, 0.3) is 0 Å². The van der Waals surface area contributed by atoms with E-state index in [4.69, 9.17) is 0 Å². The Balaban J connectivity index is 1.63. The molecule has 0 atom stereocenters. The molecule has 2 heterocycles. The molecule has 9 heteroatoms. The molecule has 1 aromatic heterocycles. The highest BCUT2D eigenvalue weighted by Crippen LogP contribution is 2.15. The number of hydrogen-bond donors (Lipinski definition) is 1. The van der Waals surface area contributed by atoms with Crippen LogP contribution in [0.4, 0.5) is 20.3 Å². The average Bonchev–Trinajstić information content (AvgIpc) is 2.65. The van der Waals surface area contributed by atoms with Crippen LogP contribution in [-0.4, -0.2) is 52.9 Å². The minimum absolute atomic E-state index is 0.0417. The summed E-state index contributed by atoms with van der Waals surface area (Å²) in [5, 5.41) is 2.44. The molecule has 0 radical (unpaired) electrons. The van der Waals surface area contributed by atoms with Crippen molar-refractivity contribution in [3.05, 3.63) is 47.9 Å². The van der Waals surface area contributed by atoms with E-state index in [9.17, 15) is 18.4 Å². The fourth-order valence-electron chi connectivity index (χ4n) is 2.62. The van der Waals surface area contributed by atoms with Gasteiger partial charge in [0.1, 0.15) is 11.5 Å². The molecule has 3 rings (SSSR count). The minimum atomic E-state index is -1.05. The Morgan fingerprint density at radius 2 is 1.77 bits per heavy atom. The van der Waals surface area contributed by atoms with Gasteiger partial charge < -0.3 is 15.1 Å². The van der Waals surface area contributed by atoms with E-state index in [1.54, 1.807) is 4.90 Å². The molecule has 1 aliphatic rings. The third-order valence-electron chi connectivity index (χ3n) is 4.10. The third kappa shape index (κ3) is 3.93. The van der Waals surface area contributed by atoms with Crippen LogP contribution >= 0.6 is 0 Å². The van der Waals surface area contributed by atoms with E-state index in [1.807, 2.05) is 4.90 Å². The van der Waals surface area contributed by atoms with Crippen molar-refractivity contribution in [2.45, 2.75) is 6.92 Å². The van der Waals surface area contributed by atoms with E-state index in [2.05, 4.69) is 15.3 Å². The van der Waals surface area contributed by atoms with Crippen molar-refractivity contribution in [1.29, 1.82) is 0 Å². The smallest absolute Gasteiger partial charge is 0.275 e. The highest BCUT2D eigenvalue weighted by molar-refractivity contribution is 6.02. The Morgan fingerprint density at radius 1 is 1.04 bits per heavy atom. The number of nitrogens with one attached hydrogen (secondary N) is 1. The monoisotopic (exact) mass is 361 g/mol. The van der Waals surface area contributed by atoms with E-state index >= 15 is 0 Å². The van der Waals surface area contributed by atoms with Crippen LogP contribution < -0.4 is 10.2 Å². The summed E-state index contributed by atoms with van der Waals surface area (Å²) in [5.41, 5.74) is 0.181. The van der Waals surface area contributed by atoms with Crippen molar-refractivity contribution in [1.82, 2.24) is 14.9 Å². The van der Waals surface area contributed by atoms with Crippen molar-refractivity contribution >= 4 is 23.3 Å². The lowest BCUT2D eigenvalue weighted by atomic mass is 10.3. The zero-order chi connectivity index (χ0) is 18.7. The van der Waals surface area contributed by atoms with Gasteiger partial charge in [-0.3, -0.25) is 9.59 Å². The molecule has 1 saturated heterocycles. The molecule has 2 aromatic rings. The number of piperazine rings is 1. The molecule has 0 aliphatic carbocycles. The highest BCUT2D eigenvalue weighted by Gasteiger charge is 2.20. The molecule has 0 bridgehead atoms. The topological polar surface area (TPSA) is 78.4 Å². The summed E-state index contributed by atoms with van der Waals surface area (Å²) in [7, 11) is 0. The molecular formula is C17H17F2N5O2. The number of carbonyl (C=O) groups excluding carboxylic acids is 2. The van der Waals surface area contributed by atoms with Gasteiger partial charge in [-0.15, -0.1) is 0 Å². The van der Waals surface area contributed by atoms with Crippen LogP contribution in [0.2, 0.25) is 0 Å². The first-order valence-electron chi connectivity index (χ1n) is 8.03. The van der Waals surface area contributed by atoms with E-state index in [0.717, 1.165) is 12.1 Å². The van der Waals surface area contributed by atoms with E-state index in [-0.39, 0.29) is 17.3 Å². The number of amides is 2. The van der Waals surface area contributed by atoms with Crippen molar-refractivity contribution in [3.63, 3.8) is 0 Å². The van der Waals surface area contributed by atoms with Gasteiger partial charge in [-0.2, -0.15) is 0 Å². The zero-order valence-corrected chi connectivity index (χ0v) is 14.1. The Morgan fingerprint density at radius 3 is 2.35 bits per heavy atom. The van der Waals surface area contributed by atoms with Crippen LogP contribution in [0.3, 0.4) is 0 Å². The summed E-state index contributed by atoms with van der Waals surface area (Å²) in [6.07, 6.45) is 2.80. The number of rotatable bonds is 3. The number of carbonyl (C=O) groups is 2. The number of aromatic nitrogens is 2. The lowest BCUT2D eigenvalue weighted by Crippen LogP contribution is -2.48. The first-order valence-corrected chi connectivity index (χ1v) is 8.03. The Bertz CT molecular complexity index is 820. The van der Waals surface area contributed by atoms with Crippen LogP contribution in [0.1, 0.15) is 17.4 Å². The molecule has 1 aromatic carbocycles. The number of benzene rings is 1. The standard InChI is InChI=1S/C17H17F2N5O2/c1-11(25)23-4-6-24(7-5-23)16-10-20-15(9-21-16)17(26)22-12-2-3-13(18)14(19)8-12/h2-3,8-10H,4-7H2,1H3,(H,22,26). The summed E-state index contributed by atoms with van der Waals surface area (Å²) in [4.78, 5) is 35.5. The Hall–Kier alpha value is -3.10. The Kier molecular flexibility index (Phi) is 5.06. The fraction of sp³-hybridized carbons (Fsp3) is 0.294. The van der Waals surface area contributed by atoms with Crippen molar-refractivity contribution < 1.29 is 18.4 Å². The second-order valence-corrected chi connectivity index (χ2v) is 5.84. The molecule has 136 valence electrons. The quantitative estimate of drug-likeness (QED) is 0.900. The van der Waals surface area contributed by atoms with Gasteiger partial charge in [-0.1, -0.05) is 0 Å². The van der Waals surface area contributed by atoms with Crippen LogP contribution in [0, 0.1) is 11.6 Å². The van der Waals surface area contributed by atoms with Gasteiger partial charge in [0.05, 0.1) is 12.4 Å². The Labute approximate surface area is 148 Å². The second kappa shape index (κ2) is 7.42. The van der Waals surface area contributed by atoms with Crippen LogP contribution in [-0.2, 0) is 4.79 Å². The van der Waals surface area contributed by atoms with E-state index < -0.39 is 17.5 Å². The third-order valence-corrected chi connectivity index (χ3v) is 4.10. The van der Waals surface area contributed by atoms with E-state index in [1.165, 1.54) is 25.4 Å². The lowest BCUT2D eigenvalue weighted by molar-refractivity contribution is -0.129. The number of nitrogens with zero attached hydrogens (tertiary/aromatic N) is 4. The normalized spacial score (nSPS) is 14.3. The summed E-state index contributed by atoms with van der Waals surface area (Å²) in [5.74, 6) is -1.96. The molecular weight excluding hydrogens is 344 g/mol. The summed E-state index contributed by atoms with van der Waals surface area (Å²) < 4.78 is 26.1. The number of anilines is 2. The van der Waals surface area contributed by atoms with Gasteiger partial charge in [-0.05, 0) is 12.1 Å². The molecule has 1 fully saturated rings. The molecule has 0 unspecified atom stereocenters. The second-order valence-electron chi connectivity index (χ2n) is 5.84.